The van der Waals surface area contributed by atoms with Crippen LogP contribution in [-0.4, -0.2) is 54.3 Å². The van der Waals surface area contributed by atoms with Crippen molar-refractivity contribution in [2.24, 2.45) is 0 Å². The van der Waals surface area contributed by atoms with E-state index in [-0.39, 0.29) is 0 Å². The van der Waals surface area contributed by atoms with Gasteiger partial charge in [-0.2, -0.15) is 11.3 Å². The summed E-state index contributed by atoms with van der Waals surface area (Å²) >= 11 is 1.73. The van der Waals surface area contributed by atoms with Gasteiger partial charge in [0.2, 0.25) is 0 Å². The van der Waals surface area contributed by atoms with E-state index in [9.17, 15) is 5.11 Å². The van der Waals surface area contributed by atoms with Crippen LogP contribution >= 0.6 is 11.3 Å². The Morgan fingerprint density at radius 1 is 1.10 bits per heavy atom. The van der Waals surface area contributed by atoms with Crippen LogP contribution in [0.15, 0.2) is 58.7 Å². The van der Waals surface area contributed by atoms with Crippen molar-refractivity contribution in [3.05, 3.63) is 71.4 Å². The highest BCUT2D eigenvalue weighted by Gasteiger charge is 2.31. The highest BCUT2D eigenvalue weighted by atomic mass is 32.1. The normalized spacial score (nSPS) is 15.4. The van der Waals surface area contributed by atoms with Gasteiger partial charge in [-0.05, 0) is 60.2 Å². The number of aliphatic hydroxyl groups is 1. The summed E-state index contributed by atoms with van der Waals surface area (Å²) in [7, 11) is 0. The zero-order chi connectivity index (χ0) is 21.9. The standard InChI is InChI=1S/C25H36N2O3S/c1-3-5-10-25(28,11-6-4-2)24-8-7-23(30-24)20-27(19-22-9-18-31-21-22)13-12-26-14-16-29-17-15-26/h3-4,7-9,18,21,28H,1-2,5-6,10-17,19-20H2. The fourth-order valence-electron chi connectivity index (χ4n) is 3.95. The number of hydrogen-bond acceptors (Lipinski definition) is 6. The molecular formula is C25H36N2O3S. The fourth-order valence-corrected chi connectivity index (χ4v) is 4.61. The van der Waals surface area contributed by atoms with Crippen LogP contribution in [-0.2, 0) is 23.4 Å². The molecule has 2 aromatic heterocycles. The van der Waals surface area contributed by atoms with Gasteiger partial charge in [0.1, 0.15) is 17.1 Å². The van der Waals surface area contributed by atoms with Crippen LogP contribution < -0.4 is 0 Å². The lowest BCUT2D eigenvalue weighted by atomic mass is 9.89. The Kier molecular flexibility index (Phi) is 9.55. The summed E-state index contributed by atoms with van der Waals surface area (Å²) in [6.07, 6.45) is 6.38. The maximum Gasteiger partial charge on any atom is 0.135 e. The quantitative estimate of drug-likeness (QED) is 0.424. The lowest BCUT2D eigenvalue weighted by molar-refractivity contribution is -0.00233. The van der Waals surface area contributed by atoms with E-state index < -0.39 is 5.60 Å². The topological polar surface area (TPSA) is 49.1 Å². The van der Waals surface area contributed by atoms with Gasteiger partial charge in [0, 0.05) is 32.7 Å². The van der Waals surface area contributed by atoms with Crippen LogP contribution in [0.4, 0.5) is 0 Å². The van der Waals surface area contributed by atoms with E-state index in [2.05, 4.69) is 39.8 Å². The molecule has 1 saturated heterocycles. The first kappa shape index (κ1) is 24.0. The molecule has 0 bridgehead atoms. The van der Waals surface area contributed by atoms with Gasteiger partial charge in [-0.25, -0.2) is 0 Å². The molecule has 3 rings (SSSR count). The van der Waals surface area contributed by atoms with E-state index in [1.54, 1.807) is 11.3 Å². The molecule has 6 heteroatoms. The molecule has 0 aliphatic carbocycles. The lowest BCUT2D eigenvalue weighted by Gasteiger charge is -2.29. The molecule has 170 valence electrons. The molecule has 0 atom stereocenters. The van der Waals surface area contributed by atoms with Gasteiger partial charge < -0.3 is 14.3 Å². The smallest absolute Gasteiger partial charge is 0.135 e. The molecule has 31 heavy (non-hydrogen) atoms. The average molecular weight is 445 g/mol. The number of morpholine rings is 1. The zero-order valence-electron chi connectivity index (χ0n) is 18.5. The summed E-state index contributed by atoms with van der Waals surface area (Å²) in [5, 5.41) is 15.6. The summed E-state index contributed by atoms with van der Waals surface area (Å²) < 4.78 is 11.7. The molecule has 1 aliphatic heterocycles. The molecule has 1 fully saturated rings. The van der Waals surface area contributed by atoms with E-state index >= 15 is 0 Å². The van der Waals surface area contributed by atoms with E-state index in [1.165, 1.54) is 5.56 Å². The second-order valence-corrected chi connectivity index (χ2v) is 9.03. The van der Waals surface area contributed by atoms with Gasteiger partial charge in [0.15, 0.2) is 0 Å². The minimum atomic E-state index is -0.980. The Morgan fingerprint density at radius 3 is 2.48 bits per heavy atom. The Balaban J connectivity index is 1.67. The summed E-state index contributed by atoms with van der Waals surface area (Å²) in [6, 6.07) is 6.13. The largest absolute Gasteiger partial charge is 0.462 e. The molecule has 0 radical (unpaired) electrons. The van der Waals surface area contributed by atoms with Crippen LogP contribution in [0.25, 0.3) is 0 Å². The highest BCUT2D eigenvalue weighted by Crippen LogP contribution is 2.33. The molecule has 0 spiro atoms. The van der Waals surface area contributed by atoms with Crippen molar-refractivity contribution >= 4 is 11.3 Å². The number of furan rings is 1. The van der Waals surface area contributed by atoms with E-state index in [4.69, 9.17) is 9.15 Å². The van der Waals surface area contributed by atoms with Crippen molar-refractivity contribution in [3.8, 4) is 0 Å². The molecule has 1 aliphatic rings. The first-order valence-corrected chi connectivity index (χ1v) is 12.1. The molecule has 5 nitrogen and oxygen atoms in total. The molecule has 0 aromatic carbocycles. The third-order valence-corrected chi connectivity index (χ3v) is 6.58. The highest BCUT2D eigenvalue weighted by molar-refractivity contribution is 7.07. The van der Waals surface area contributed by atoms with Gasteiger partial charge in [0.25, 0.3) is 0 Å². The first-order chi connectivity index (χ1) is 15.1. The second kappa shape index (κ2) is 12.4. The number of allylic oxidation sites excluding steroid dienone is 2. The number of rotatable bonds is 14. The molecule has 0 saturated carbocycles. The predicted octanol–water partition coefficient (Wildman–Crippen LogP) is 4.80. The van der Waals surface area contributed by atoms with Crippen LogP contribution in [0.3, 0.4) is 0 Å². The number of nitrogens with zero attached hydrogens (tertiary/aromatic N) is 2. The van der Waals surface area contributed by atoms with Crippen LogP contribution in [0.1, 0.15) is 42.8 Å². The van der Waals surface area contributed by atoms with Crippen molar-refractivity contribution < 1.29 is 14.3 Å². The molecule has 0 amide bonds. The van der Waals surface area contributed by atoms with Gasteiger partial charge in [-0.1, -0.05) is 12.2 Å². The summed E-state index contributed by atoms with van der Waals surface area (Å²) in [5.41, 5.74) is 0.347. The maximum atomic E-state index is 11.3. The Morgan fingerprint density at radius 2 is 1.84 bits per heavy atom. The maximum absolute atomic E-state index is 11.3. The Hall–Kier alpha value is -1.70. The van der Waals surface area contributed by atoms with Crippen molar-refractivity contribution in [1.29, 1.82) is 0 Å². The molecule has 3 heterocycles. The van der Waals surface area contributed by atoms with Crippen molar-refractivity contribution in [3.63, 3.8) is 0 Å². The monoisotopic (exact) mass is 444 g/mol. The summed E-state index contributed by atoms with van der Waals surface area (Å²) in [5.74, 6) is 1.54. The number of thiophene rings is 1. The summed E-state index contributed by atoms with van der Waals surface area (Å²) in [6.45, 7) is 14.8. The zero-order valence-corrected chi connectivity index (χ0v) is 19.3. The molecule has 1 N–H and O–H groups in total. The number of ether oxygens (including phenoxy) is 1. The Labute approximate surface area is 190 Å². The van der Waals surface area contributed by atoms with Gasteiger partial charge in [-0.3, -0.25) is 9.80 Å². The minimum Gasteiger partial charge on any atom is -0.462 e. The van der Waals surface area contributed by atoms with Gasteiger partial charge in [-0.15, -0.1) is 13.2 Å². The van der Waals surface area contributed by atoms with Gasteiger partial charge >= 0.3 is 0 Å². The van der Waals surface area contributed by atoms with E-state index in [0.29, 0.717) is 18.6 Å². The summed E-state index contributed by atoms with van der Waals surface area (Å²) in [4.78, 5) is 4.88. The van der Waals surface area contributed by atoms with Crippen LogP contribution in [0.5, 0.6) is 0 Å². The average Bonchev–Trinajstić information content (AvgIpc) is 3.48. The molecular weight excluding hydrogens is 408 g/mol. The van der Waals surface area contributed by atoms with Crippen molar-refractivity contribution in [2.75, 3.05) is 39.4 Å². The van der Waals surface area contributed by atoms with E-state index in [0.717, 1.165) is 71.1 Å². The van der Waals surface area contributed by atoms with Crippen LogP contribution in [0, 0.1) is 0 Å². The predicted molar refractivity (Wildman–Crippen MR) is 127 cm³/mol. The first-order valence-electron chi connectivity index (χ1n) is 11.2. The number of hydrogen-bond donors (Lipinski definition) is 1. The molecule has 0 unspecified atom stereocenters. The lowest BCUT2D eigenvalue weighted by Crippen LogP contribution is -2.41. The Bertz CT molecular complexity index is 769. The third kappa shape index (κ3) is 7.44. The van der Waals surface area contributed by atoms with E-state index in [1.807, 2.05) is 24.3 Å². The third-order valence-electron chi connectivity index (χ3n) is 5.85. The van der Waals surface area contributed by atoms with Crippen molar-refractivity contribution in [2.45, 2.75) is 44.4 Å². The SMILES string of the molecule is C=CCCC(O)(CCC=C)c1ccc(CN(CCN2CCOCC2)Cc2ccsc2)o1. The van der Waals surface area contributed by atoms with Crippen LogP contribution in [0.2, 0.25) is 0 Å². The molecule has 2 aromatic rings. The van der Waals surface area contributed by atoms with Crippen molar-refractivity contribution in [1.82, 2.24) is 9.80 Å². The minimum absolute atomic E-state index is 0.604. The van der Waals surface area contributed by atoms with Gasteiger partial charge in [0.05, 0.1) is 19.8 Å². The fraction of sp³-hybridized carbons (Fsp3) is 0.520. The second-order valence-electron chi connectivity index (χ2n) is 8.25.